The molecule has 5 nitrogen and oxygen atoms in total. The molecule has 1 unspecified atom stereocenters. The Morgan fingerprint density at radius 3 is 2.70 bits per heavy atom. The van der Waals surface area contributed by atoms with Gasteiger partial charge >= 0.3 is 0 Å². The largest absolute Gasteiger partial charge is 0.503 e. The van der Waals surface area contributed by atoms with Crippen LogP contribution in [0.4, 0.5) is 0 Å². The number of Topliss-reactive ketones (excluding diaryl/α,β-unsaturated/α-hetero) is 1. The van der Waals surface area contributed by atoms with Crippen LogP contribution < -0.4 is 0 Å². The van der Waals surface area contributed by atoms with Gasteiger partial charge in [-0.3, -0.25) is 9.59 Å². The second kappa shape index (κ2) is 7.27. The van der Waals surface area contributed by atoms with Crippen molar-refractivity contribution in [3.05, 3.63) is 33.2 Å². The number of amides is 1. The fourth-order valence-electron chi connectivity index (χ4n) is 2.68. The maximum Gasteiger partial charge on any atom is 0.290 e. The minimum Gasteiger partial charge on any atom is -0.503 e. The first-order valence-corrected chi connectivity index (χ1v) is 8.69. The van der Waals surface area contributed by atoms with Crippen LogP contribution in [-0.2, 0) is 14.3 Å². The van der Waals surface area contributed by atoms with Crippen molar-refractivity contribution in [3.63, 3.8) is 0 Å². The fourth-order valence-corrected chi connectivity index (χ4v) is 3.73. The number of carbonyl (C=O) groups is 2. The molecule has 126 valence electrons. The van der Waals surface area contributed by atoms with Gasteiger partial charge in [-0.25, -0.2) is 0 Å². The van der Waals surface area contributed by atoms with Crippen LogP contribution >= 0.6 is 11.3 Å². The molecule has 1 aromatic rings. The lowest BCUT2D eigenvalue weighted by molar-refractivity contribution is -0.130. The molecule has 1 aliphatic rings. The first-order chi connectivity index (χ1) is 10.9. The van der Waals surface area contributed by atoms with Crippen LogP contribution in [0.3, 0.4) is 0 Å². The highest BCUT2D eigenvalue weighted by Gasteiger charge is 2.43. The van der Waals surface area contributed by atoms with Gasteiger partial charge in [-0.2, -0.15) is 0 Å². The first kappa shape index (κ1) is 17.7. The molecule has 1 N–H and O–H groups in total. The Morgan fingerprint density at radius 1 is 1.48 bits per heavy atom. The molecule has 0 radical (unpaired) electrons. The summed E-state index contributed by atoms with van der Waals surface area (Å²) in [6.45, 7) is 8.23. The van der Waals surface area contributed by atoms with Gasteiger partial charge in [0.2, 0.25) is 0 Å². The van der Waals surface area contributed by atoms with Gasteiger partial charge in [-0.15, -0.1) is 11.3 Å². The van der Waals surface area contributed by atoms with Crippen LogP contribution in [-0.4, -0.2) is 41.0 Å². The number of rotatable bonds is 7. The number of carbonyl (C=O) groups excluding carboxylic acids is 2. The Hall–Kier alpha value is -1.66. The van der Waals surface area contributed by atoms with Crippen molar-refractivity contribution >= 4 is 23.0 Å². The van der Waals surface area contributed by atoms with Gasteiger partial charge in [-0.1, -0.05) is 6.92 Å². The maximum atomic E-state index is 12.4. The number of ether oxygens (including phenoxy) is 1. The molecular weight excluding hydrogens is 314 g/mol. The van der Waals surface area contributed by atoms with E-state index in [4.69, 9.17) is 4.74 Å². The van der Waals surface area contributed by atoms with E-state index >= 15 is 0 Å². The summed E-state index contributed by atoms with van der Waals surface area (Å²) in [4.78, 5) is 27.2. The highest BCUT2D eigenvalue weighted by Crippen LogP contribution is 2.41. The molecular formula is C17H23NO4S. The summed E-state index contributed by atoms with van der Waals surface area (Å²) in [7, 11) is 0. The molecule has 1 aliphatic heterocycles. The molecule has 6 heteroatoms. The van der Waals surface area contributed by atoms with Crippen LogP contribution in [0.5, 0.6) is 0 Å². The van der Waals surface area contributed by atoms with Crippen LogP contribution in [0, 0.1) is 6.92 Å². The van der Waals surface area contributed by atoms with Crippen molar-refractivity contribution in [1.82, 2.24) is 4.90 Å². The van der Waals surface area contributed by atoms with Gasteiger partial charge in [0, 0.05) is 17.8 Å². The summed E-state index contributed by atoms with van der Waals surface area (Å²) in [5.41, 5.74) is 1.23. The zero-order valence-electron chi connectivity index (χ0n) is 14.0. The van der Waals surface area contributed by atoms with E-state index in [9.17, 15) is 14.7 Å². The standard InChI is InChI=1S/C17H23NO4S/c1-5-12(19)13-14(16-11(4)6-9-23-16)18(17(21)15(13)20)7-8-22-10(2)3/h6,9-10,14,20H,5,7-8H2,1-4H3. The second-order valence-corrected chi connectivity index (χ2v) is 6.78. The van der Waals surface area contributed by atoms with E-state index in [0.29, 0.717) is 13.2 Å². The van der Waals surface area contributed by atoms with E-state index in [1.807, 2.05) is 32.2 Å². The molecule has 0 aliphatic carbocycles. The molecule has 23 heavy (non-hydrogen) atoms. The van der Waals surface area contributed by atoms with Crippen molar-refractivity contribution in [2.75, 3.05) is 13.2 Å². The lowest BCUT2D eigenvalue weighted by Crippen LogP contribution is -2.34. The Bertz CT molecular complexity index is 632. The fraction of sp³-hybridized carbons (Fsp3) is 0.529. The third-order valence-corrected chi connectivity index (χ3v) is 4.93. The van der Waals surface area contributed by atoms with E-state index in [2.05, 4.69) is 0 Å². The zero-order valence-corrected chi connectivity index (χ0v) is 14.8. The van der Waals surface area contributed by atoms with E-state index in [0.717, 1.165) is 10.4 Å². The number of aryl methyl sites for hydroxylation is 1. The molecule has 1 amide bonds. The molecule has 0 spiro atoms. The minimum atomic E-state index is -0.509. The molecule has 1 aromatic heterocycles. The van der Waals surface area contributed by atoms with Crippen molar-refractivity contribution in [1.29, 1.82) is 0 Å². The molecule has 2 heterocycles. The molecule has 0 saturated heterocycles. The SMILES string of the molecule is CCC(=O)C1=C(O)C(=O)N(CCOC(C)C)C1c1sccc1C. The number of thiophene rings is 1. The van der Waals surface area contributed by atoms with Gasteiger partial charge in [0.25, 0.3) is 5.91 Å². The number of hydrogen-bond acceptors (Lipinski definition) is 5. The summed E-state index contributed by atoms with van der Waals surface area (Å²) in [6, 6.07) is 1.45. The summed E-state index contributed by atoms with van der Waals surface area (Å²) in [6.07, 6.45) is 0.317. The molecule has 0 saturated carbocycles. The van der Waals surface area contributed by atoms with Crippen molar-refractivity contribution in [2.45, 2.75) is 46.3 Å². The summed E-state index contributed by atoms with van der Waals surface area (Å²) in [5.74, 6) is -1.10. The van der Waals surface area contributed by atoms with E-state index in [-0.39, 0.29) is 23.9 Å². The normalized spacial score (nSPS) is 18.4. The summed E-state index contributed by atoms with van der Waals surface area (Å²) < 4.78 is 5.53. The lowest BCUT2D eigenvalue weighted by Gasteiger charge is -2.26. The Kier molecular flexibility index (Phi) is 5.59. The number of nitrogens with zero attached hydrogens (tertiary/aromatic N) is 1. The highest BCUT2D eigenvalue weighted by molar-refractivity contribution is 7.10. The Balaban J connectivity index is 2.36. The maximum absolute atomic E-state index is 12.4. The zero-order chi connectivity index (χ0) is 17.1. The van der Waals surface area contributed by atoms with Gasteiger partial charge in [0.1, 0.15) is 0 Å². The average molecular weight is 337 g/mol. The predicted molar refractivity (Wildman–Crippen MR) is 89.6 cm³/mol. The van der Waals surface area contributed by atoms with Gasteiger partial charge in [0.05, 0.1) is 24.3 Å². The second-order valence-electron chi connectivity index (χ2n) is 5.83. The molecule has 2 rings (SSSR count). The molecule has 0 bridgehead atoms. The first-order valence-electron chi connectivity index (χ1n) is 7.81. The Labute approximate surface area is 140 Å². The van der Waals surface area contributed by atoms with E-state index in [1.165, 1.54) is 11.3 Å². The monoisotopic (exact) mass is 337 g/mol. The highest BCUT2D eigenvalue weighted by atomic mass is 32.1. The third kappa shape index (κ3) is 3.48. The van der Waals surface area contributed by atoms with E-state index in [1.54, 1.807) is 11.8 Å². The number of aliphatic hydroxyl groups excluding tert-OH is 1. The van der Waals surface area contributed by atoms with Crippen LogP contribution in [0.2, 0.25) is 0 Å². The van der Waals surface area contributed by atoms with Crippen LogP contribution in [0.1, 0.15) is 43.7 Å². The van der Waals surface area contributed by atoms with Crippen LogP contribution in [0.15, 0.2) is 22.8 Å². The minimum absolute atomic E-state index is 0.0629. The number of hydrogen-bond donors (Lipinski definition) is 1. The third-order valence-electron chi connectivity index (χ3n) is 3.86. The average Bonchev–Trinajstić information content (AvgIpc) is 3.02. The van der Waals surface area contributed by atoms with E-state index < -0.39 is 17.7 Å². The summed E-state index contributed by atoms with van der Waals surface area (Å²) in [5, 5.41) is 12.2. The number of aliphatic hydroxyl groups is 1. The van der Waals surface area contributed by atoms with Gasteiger partial charge < -0.3 is 14.7 Å². The summed E-state index contributed by atoms with van der Waals surface area (Å²) >= 11 is 1.49. The quantitative estimate of drug-likeness (QED) is 0.830. The van der Waals surface area contributed by atoms with Gasteiger partial charge in [-0.05, 0) is 37.8 Å². The molecule has 0 aromatic carbocycles. The molecule has 0 fully saturated rings. The van der Waals surface area contributed by atoms with Crippen molar-refractivity contribution in [3.8, 4) is 0 Å². The van der Waals surface area contributed by atoms with Crippen molar-refractivity contribution < 1.29 is 19.4 Å². The smallest absolute Gasteiger partial charge is 0.290 e. The van der Waals surface area contributed by atoms with Crippen molar-refractivity contribution in [2.24, 2.45) is 0 Å². The number of ketones is 1. The topological polar surface area (TPSA) is 66.8 Å². The predicted octanol–water partition coefficient (Wildman–Crippen LogP) is 3.16. The van der Waals surface area contributed by atoms with Crippen LogP contribution in [0.25, 0.3) is 0 Å². The lowest BCUT2D eigenvalue weighted by atomic mass is 9.99. The molecule has 1 atom stereocenters. The Morgan fingerprint density at radius 2 is 2.17 bits per heavy atom. The van der Waals surface area contributed by atoms with Gasteiger partial charge in [0.15, 0.2) is 11.5 Å².